The van der Waals surface area contributed by atoms with Crippen LogP contribution in [0, 0.1) is 5.82 Å². The lowest BCUT2D eigenvalue weighted by Gasteiger charge is -2.27. The van der Waals surface area contributed by atoms with E-state index in [2.05, 4.69) is 5.32 Å². The summed E-state index contributed by atoms with van der Waals surface area (Å²) in [6, 6.07) is 6.40. The SMILES string of the molecule is CCNC(C)(Cc1ccccc1F)C(N)=O. The van der Waals surface area contributed by atoms with Gasteiger partial charge in [-0.2, -0.15) is 0 Å². The molecule has 1 aromatic rings. The highest BCUT2D eigenvalue weighted by molar-refractivity contribution is 5.84. The van der Waals surface area contributed by atoms with Crippen LogP contribution in [0.3, 0.4) is 0 Å². The molecule has 3 nitrogen and oxygen atoms in total. The lowest BCUT2D eigenvalue weighted by atomic mass is 9.91. The van der Waals surface area contributed by atoms with Crippen molar-refractivity contribution in [2.24, 2.45) is 5.73 Å². The van der Waals surface area contributed by atoms with Crippen LogP contribution in [0.5, 0.6) is 0 Å². The lowest BCUT2D eigenvalue weighted by Crippen LogP contribution is -2.54. The molecule has 0 saturated carbocycles. The number of hydrogen-bond donors (Lipinski definition) is 2. The molecule has 0 saturated heterocycles. The first-order chi connectivity index (χ1) is 7.49. The van der Waals surface area contributed by atoms with Crippen LogP contribution in [-0.4, -0.2) is 18.0 Å². The van der Waals surface area contributed by atoms with Crippen LogP contribution in [0.15, 0.2) is 24.3 Å². The van der Waals surface area contributed by atoms with Crippen molar-refractivity contribution in [3.8, 4) is 0 Å². The Labute approximate surface area is 94.8 Å². The molecule has 1 unspecified atom stereocenters. The van der Waals surface area contributed by atoms with Crippen molar-refractivity contribution in [2.45, 2.75) is 25.8 Å². The van der Waals surface area contributed by atoms with Gasteiger partial charge in [0.15, 0.2) is 0 Å². The number of likely N-dealkylation sites (N-methyl/N-ethyl adjacent to an activating group) is 1. The third-order valence-corrected chi connectivity index (χ3v) is 2.61. The van der Waals surface area contributed by atoms with E-state index in [1.165, 1.54) is 6.07 Å². The Bertz CT molecular complexity index is 381. The van der Waals surface area contributed by atoms with E-state index in [1.807, 2.05) is 6.92 Å². The molecule has 1 amide bonds. The Morgan fingerprint density at radius 1 is 1.50 bits per heavy atom. The van der Waals surface area contributed by atoms with Crippen LogP contribution in [0.4, 0.5) is 4.39 Å². The van der Waals surface area contributed by atoms with E-state index < -0.39 is 11.4 Å². The Morgan fingerprint density at radius 3 is 2.62 bits per heavy atom. The Hall–Kier alpha value is -1.42. The maximum absolute atomic E-state index is 13.4. The van der Waals surface area contributed by atoms with Crippen LogP contribution in [0.2, 0.25) is 0 Å². The van der Waals surface area contributed by atoms with Crippen LogP contribution >= 0.6 is 0 Å². The number of halogens is 1. The van der Waals surface area contributed by atoms with E-state index in [-0.39, 0.29) is 12.2 Å². The molecular formula is C12H17FN2O. The number of nitrogens with two attached hydrogens (primary N) is 1. The van der Waals surface area contributed by atoms with Gasteiger partial charge in [0.2, 0.25) is 5.91 Å². The normalized spacial score (nSPS) is 14.4. The summed E-state index contributed by atoms with van der Waals surface area (Å²) in [4.78, 5) is 11.4. The molecule has 0 radical (unpaired) electrons. The minimum Gasteiger partial charge on any atom is -0.368 e. The molecule has 0 aliphatic heterocycles. The average molecular weight is 224 g/mol. The zero-order valence-corrected chi connectivity index (χ0v) is 9.59. The lowest BCUT2D eigenvalue weighted by molar-refractivity contribution is -0.123. The molecule has 0 bridgehead atoms. The van der Waals surface area contributed by atoms with E-state index >= 15 is 0 Å². The third kappa shape index (κ3) is 2.79. The van der Waals surface area contributed by atoms with E-state index in [9.17, 15) is 9.18 Å². The summed E-state index contributed by atoms with van der Waals surface area (Å²) in [7, 11) is 0. The number of carbonyl (C=O) groups is 1. The van der Waals surface area contributed by atoms with Gasteiger partial charge >= 0.3 is 0 Å². The van der Waals surface area contributed by atoms with Gasteiger partial charge in [-0.05, 0) is 25.1 Å². The van der Waals surface area contributed by atoms with Crippen LogP contribution < -0.4 is 11.1 Å². The van der Waals surface area contributed by atoms with Gasteiger partial charge in [0.1, 0.15) is 5.82 Å². The molecule has 1 atom stereocenters. The second-order valence-electron chi connectivity index (χ2n) is 3.99. The fourth-order valence-electron chi connectivity index (χ4n) is 1.65. The zero-order chi connectivity index (χ0) is 12.2. The first-order valence-electron chi connectivity index (χ1n) is 5.28. The maximum atomic E-state index is 13.4. The first-order valence-corrected chi connectivity index (χ1v) is 5.28. The van der Waals surface area contributed by atoms with Crippen molar-refractivity contribution in [1.82, 2.24) is 5.32 Å². The minimum atomic E-state index is -0.906. The number of primary amides is 1. The van der Waals surface area contributed by atoms with E-state index in [4.69, 9.17) is 5.73 Å². The van der Waals surface area contributed by atoms with Gasteiger partial charge in [-0.15, -0.1) is 0 Å². The van der Waals surface area contributed by atoms with Gasteiger partial charge in [0, 0.05) is 6.42 Å². The quantitative estimate of drug-likeness (QED) is 0.790. The van der Waals surface area contributed by atoms with Crippen LogP contribution in [0.25, 0.3) is 0 Å². The summed E-state index contributed by atoms with van der Waals surface area (Å²) in [6.07, 6.45) is 0.253. The van der Waals surface area contributed by atoms with Crippen molar-refractivity contribution in [3.05, 3.63) is 35.6 Å². The van der Waals surface area contributed by atoms with Crippen LogP contribution in [0.1, 0.15) is 19.4 Å². The van der Waals surface area contributed by atoms with Gasteiger partial charge < -0.3 is 11.1 Å². The molecule has 0 spiro atoms. The molecule has 0 aliphatic carbocycles. The van der Waals surface area contributed by atoms with Gasteiger partial charge in [0.25, 0.3) is 0 Å². The average Bonchev–Trinajstić information content (AvgIpc) is 2.21. The third-order valence-electron chi connectivity index (χ3n) is 2.61. The van der Waals surface area contributed by atoms with Crippen molar-refractivity contribution >= 4 is 5.91 Å². The number of hydrogen-bond acceptors (Lipinski definition) is 2. The molecule has 1 aromatic carbocycles. The zero-order valence-electron chi connectivity index (χ0n) is 9.59. The highest BCUT2D eigenvalue weighted by Gasteiger charge is 2.30. The van der Waals surface area contributed by atoms with Gasteiger partial charge in [0.05, 0.1) is 5.54 Å². The molecule has 4 heteroatoms. The molecule has 16 heavy (non-hydrogen) atoms. The number of benzene rings is 1. The molecule has 88 valence electrons. The first kappa shape index (κ1) is 12.6. The Kier molecular flexibility index (Phi) is 4.01. The fraction of sp³-hybridized carbons (Fsp3) is 0.417. The second kappa shape index (κ2) is 5.07. The highest BCUT2D eigenvalue weighted by atomic mass is 19.1. The second-order valence-corrected chi connectivity index (χ2v) is 3.99. The molecule has 0 fully saturated rings. The van der Waals surface area contributed by atoms with E-state index in [0.29, 0.717) is 12.1 Å². The van der Waals surface area contributed by atoms with E-state index in [0.717, 1.165) is 0 Å². The summed E-state index contributed by atoms with van der Waals surface area (Å²) >= 11 is 0. The Morgan fingerprint density at radius 2 is 2.12 bits per heavy atom. The molecule has 0 aliphatic rings. The highest BCUT2D eigenvalue weighted by Crippen LogP contribution is 2.15. The van der Waals surface area contributed by atoms with Crippen molar-refractivity contribution in [2.75, 3.05) is 6.54 Å². The smallest absolute Gasteiger partial charge is 0.237 e. The predicted octanol–water partition coefficient (Wildman–Crippen LogP) is 1.22. The van der Waals surface area contributed by atoms with E-state index in [1.54, 1.807) is 25.1 Å². The Balaban J connectivity index is 2.92. The van der Waals surface area contributed by atoms with Gasteiger partial charge in [-0.3, -0.25) is 4.79 Å². The number of rotatable bonds is 5. The number of amides is 1. The standard InChI is InChI=1S/C12H17FN2O/c1-3-15-12(2,11(14)16)8-9-6-4-5-7-10(9)13/h4-7,15H,3,8H2,1-2H3,(H2,14,16). The largest absolute Gasteiger partial charge is 0.368 e. The van der Waals surface area contributed by atoms with Crippen molar-refractivity contribution < 1.29 is 9.18 Å². The van der Waals surface area contributed by atoms with Crippen molar-refractivity contribution in [1.29, 1.82) is 0 Å². The number of carbonyl (C=O) groups excluding carboxylic acids is 1. The topological polar surface area (TPSA) is 55.1 Å². The van der Waals surface area contributed by atoms with Gasteiger partial charge in [-0.25, -0.2) is 4.39 Å². The molecule has 0 heterocycles. The van der Waals surface area contributed by atoms with Crippen molar-refractivity contribution in [3.63, 3.8) is 0 Å². The summed E-state index contributed by atoms with van der Waals surface area (Å²) < 4.78 is 13.4. The molecular weight excluding hydrogens is 207 g/mol. The maximum Gasteiger partial charge on any atom is 0.237 e. The summed E-state index contributed by atoms with van der Waals surface area (Å²) in [5.41, 5.74) is 4.92. The molecule has 3 N–H and O–H groups in total. The van der Waals surface area contributed by atoms with Crippen LogP contribution in [-0.2, 0) is 11.2 Å². The van der Waals surface area contributed by atoms with Gasteiger partial charge in [-0.1, -0.05) is 25.1 Å². The monoisotopic (exact) mass is 224 g/mol. The predicted molar refractivity (Wildman–Crippen MR) is 61.4 cm³/mol. The number of nitrogens with one attached hydrogen (secondary N) is 1. The fourth-order valence-corrected chi connectivity index (χ4v) is 1.65. The summed E-state index contributed by atoms with van der Waals surface area (Å²) in [5, 5.41) is 2.99. The molecule has 1 rings (SSSR count). The minimum absolute atomic E-state index is 0.253. The summed E-state index contributed by atoms with van der Waals surface area (Å²) in [5.74, 6) is -0.787. The molecule has 0 aromatic heterocycles. The summed E-state index contributed by atoms with van der Waals surface area (Å²) in [6.45, 7) is 4.17.